The van der Waals surface area contributed by atoms with Crippen molar-refractivity contribution in [1.82, 2.24) is 9.97 Å². The fraction of sp³-hybridized carbons (Fsp3) is 0.636. The molecule has 1 fully saturated rings. The summed E-state index contributed by atoms with van der Waals surface area (Å²) in [5.41, 5.74) is 7.21. The highest BCUT2D eigenvalue weighted by atomic mass is 16.5. The molecule has 1 saturated heterocycles. The topological polar surface area (TPSA) is 70.3 Å². The Kier molecular flexibility index (Phi) is 3.69. The normalized spacial score (nSPS) is 20.0. The maximum absolute atomic E-state index is 5.54. The largest absolute Gasteiger partial charge is 0.461 e. The molecule has 5 nitrogen and oxygen atoms in total. The summed E-state index contributed by atoms with van der Waals surface area (Å²) in [5.74, 6) is 0. The third kappa shape index (κ3) is 2.90. The first-order valence-electron chi connectivity index (χ1n) is 5.57. The van der Waals surface area contributed by atoms with E-state index in [2.05, 4.69) is 9.97 Å². The fourth-order valence-corrected chi connectivity index (χ4v) is 1.72. The zero-order chi connectivity index (χ0) is 11.4. The van der Waals surface area contributed by atoms with Gasteiger partial charge in [-0.15, -0.1) is 0 Å². The van der Waals surface area contributed by atoms with Crippen LogP contribution in [0.5, 0.6) is 6.01 Å². The Balaban J connectivity index is 1.94. The first-order valence-corrected chi connectivity index (χ1v) is 5.57. The van der Waals surface area contributed by atoms with E-state index in [1.807, 2.05) is 13.0 Å². The molecule has 1 unspecified atom stereocenters. The smallest absolute Gasteiger partial charge is 0.316 e. The highest BCUT2D eigenvalue weighted by Gasteiger charge is 2.16. The Morgan fingerprint density at radius 3 is 3.12 bits per heavy atom. The number of nitrogens with zero attached hydrogens (tertiary/aromatic N) is 2. The van der Waals surface area contributed by atoms with Crippen LogP contribution < -0.4 is 10.5 Å². The Hall–Kier alpha value is -1.20. The molecule has 16 heavy (non-hydrogen) atoms. The number of hydrogen-bond donors (Lipinski definition) is 1. The lowest BCUT2D eigenvalue weighted by atomic mass is 10.2. The predicted octanol–water partition coefficient (Wildman–Crippen LogP) is 0.802. The van der Waals surface area contributed by atoms with Gasteiger partial charge in [-0.05, 0) is 25.8 Å². The number of hydrogen-bond acceptors (Lipinski definition) is 5. The second-order valence-electron chi connectivity index (χ2n) is 3.93. The zero-order valence-corrected chi connectivity index (χ0v) is 9.48. The van der Waals surface area contributed by atoms with E-state index in [0.29, 0.717) is 19.2 Å². The van der Waals surface area contributed by atoms with Crippen LogP contribution in [0, 0.1) is 6.92 Å². The van der Waals surface area contributed by atoms with Gasteiger partial charge in [-0.2, -0.15) is 4.98 Å². The molecule has 0 radical (unpaired) electrons. The van der Waals surface area contributed by atoms with Crippen molar-refractivity contribution < 1.29 is 9.47 Å². The second-order valence-corrected chi connectivity index (χ2v) is 3.93. The average Bonchev–Trinajstić information content (AvgIpc) is 2.78. The van der Waals surface area contributed by atoms with Gasteiger partial charge in [0.05, 0.1) is 11.8 Å². The Morgan fingerprint density at radius 1 is 1.56 bits per heavy atom. The maximum Gasteiger partial charge on any atom is 0.316 e. The van der Waals surface area contributed by atoms with Crippen LogP contribution in [0.15, 0.2) is 6.07 Å². The highest BCUT2D eigenvalue weighted by Crippen LogP contribution is 2.13. The molecule has 0 bridgehead atoms. The van der Waals surface area contributed by atoms with Crippen LogP contribution in [0.2, 0.25) is 0 Å². The van der Waals surface area contributed by atoms with Crippen molar-refractivity contribution in [2.75, 3.05) is 13.2 Å². The minimum atomic E-state index is 0.186. The molecule has 5 heteroatoms. The highest BCUT2D eigenvalue weighted by molar-refractivity contribution is 5.12. The summed E-state index contributed by atoms with van der Waals surface area (Å²) in [6, 6.07) is 2.26. The molecule has 88 valence electrons. The number of aryl methyl sites for hydroxylation is 1. The van der Waals surface area contributed by atoms with E-state index in [0.717, 1.165) is 30.8 Å². The van der Waals surface area contributed by atoms with Crippen molar-refractivity contribution in [3.63, 3.8) is 0 Å². The van der Waals surface area contributed by atoms with E-state index in [9.17, 15) is 0 Å². The van der Waals surface area contributed by atoms with Gasteiger partial charge < -0.3 is 15.2 Å². The van der Waals surface area contributed by atoms with Gasteiger partial charge in [0.15, 0.2) is 0 Å². The predicted molar refractivity (Wildman–Crippen MR) is 59.1 cm³/mol. The first kappa shape index (κ1) is 11.3. The molecule has 1 aromatic heterocycles. The molecule has 0 amide bonds. The first-order chi connectivity index (χ1) is 7.78. The summed E-state index contributed by atoms with van der Waals surface area (Å²) in [4.78, 5) is 8.40. The molecule has 2 N–H and O–H groups in total. The van der Waals surface area contributed by atoms with Gasteiger partial charge in [-0.3, -0.25) is 0 Å². The van der Waals surface area contributed by atoms with Crippen molar-refractivity contribution in [3.05, 3.63) is 17.5 Å². The van der Waals surface area contributed by atoms with E-state index >= 15 is 0 Å². The van der Waals surface area contributed by atoms with Crippen LogP contribution >= 0.6 is 0 Å². The third-order valence-corrected chi connectivity index (χ3v) is 2.52. The lowest BCUT2D eigenvalue weighted by Gasteiger charge is -2.10. The summed E-state index contributed by atoms with van der Waals surface area (Å²) in [6.07, 6.45) is 2.34. The average molecular weight is 223 g/mol. The van der Waals surface area contributed by atoms with Gasteiger partial charge in [0, 0.05) is 18.8 Å². The van der Waals surface area contributed by atoms with Crippen molar-refractivity contribution in [3.8, 4) is 6.01 Å². The molecule has 1 aliphatic heterocycles. The minimum Gasteiger partial charge on any atom is -0.461 e. The van der Waals surface area contributed by atoms with Gasteiger partial charge in [0.25, 0.3) is 0 Å². The monoisotopic (exact) mass is 223 g/mol. The lowest BCUT2D eigenvalue weighted by molar-refractivity contribution is 0.0643. The molecule has 2 heterocycles. The van der Waals surface area contributed by atoms with Crippen LogP contribution in [0.3, 0.4) is 0 Å². The van der Waals surface area contributed by atoms with Crippen molar-refractivity contribution in [1.29, 1.82) is 0 Å². The molecule has 0 aliphatic carbocycles. The van der Waals surface area contributed by atoms with E-state index in [1.165, 1.54) is 0 Å². The number of ether oxygens (including phenoxy) is 2. The SMILES string of the molecule is Cc1cc(CN)nc(OCC2CCCO2)n1. The summed E-state index contributed by atoms with van der Waals surface area (Å²) < 4.78 is 11.0. The molecular formula is C11H17N3O2. The number of aromatic nitrogens is 2. The van der Waals surface area contributed by atoms with Gasteiger partial charge >= 0.3 is 6.01 Å². The summed E-state index contributed by atoms with van der Waals surface area (Å²) in [5, 5.41) is 0. The molecule has 0 aromatic carbocycles. The molecule has 0 spiro atoms. The van der Waals surface area contributed by atoms with Gasteiger partial charge in [0.2, 0.25) is 0 Å². The van der Waals surface area contributed by atoms with E-state index in [-0.39, 0.29) is 6.10 Å². The zero-order valence-electron chi connectivity index (χ0n) is 9.48. The fourth-order valence-electron chi connectivity index (χ4n) is 1.72. The molecular weight excluding hydrogens is 206 g/mol. The second kappa shape index (κ2) is 5.23. The van der Waals surface area contributed by atoms with Crippen LogP contribution in [-0.2, 0) is 11.3 Å². The molecule has 1 aliphatic rings. The maximum atomic E-state index is 5.54. The summed E-state index contributed by atoms with van der Waals surface area (Å²) in [6.45, 7) is 3.66. The third-order valence-electron chi connectivity index (χ3n) is 2.52. The number of rotatable bonds is 4. The quantitative estimate of drug-likeness (QED) is 0.817. The summed E-state index contributed by atoms with van der Waals surface area (Å²) >= 11 is 0. The minimum absolute atomic E-state index is 0.186. The molecule has 1 aromatic rings. The van der Waals surface area contributed by atoms with E-state index in [1.54, 1.807) is 0 Å². The Morgan fingerprint density at radius 2 is 2.44 bits per heavy atom. The molecule has 0 saturated carbocycles. The number of nitrogens with two attached hydrogens (primary N) is 1. The van der Waals surface area contributed by atoms with Crippen molar-refractivity contribution in [2.45, 2.75) is 32.4 Å². The Labute approximate surface area is 95.0 Å². The van der Waals surface area contributed by atoms with Crippen LogP contribution in [0.1, 0.15) is 24.2 Å². The van der Waals surface area contributed by atoms with Crippen LogP contribution in [0.25, 0.3) is 0 Å². The standard InChI is InChI=1S/C11H17N3O2/c1-8-5-9(6-12)14-11(13-8)16-7-10-3-2-4-15-10/h5,10H,2-4,6-7,12H2,1H3. The van der Waals surface area contributed by atoms with Gasteiger partial charge in [-0.25, -0.2) is 4.98 Å². The van der Waals surface area contributed by atoms with E-state index in [4.69, 9.17) is 15.2 Å². The van der Waals surface area contributed by atoms with Crippen molar-refractivity contribution in [2.24, 2.45) is 5.73 Å². The molecule has 1 atom stereocenters. The molecule has 2 rings (SSSR count). The Bertz CT molecular complexity index is 351. The van der Waals surface area contributed by atoms with Crippen LogP contribution in [-0.4, -0.2) is 29.3 Å². The van der Waals surface area contributed by atoms with Gasteiger partial charge in [-0.1, -0.05) is 0 Å². The van der Waals surface area contributed by atoms with Crippen LogP contribution in [0.4, 0.5) is 0 Å². The van der Waals surface area contributed by atoms with Crippen molar-refractivity contribution >= 4 is 0 Å². The van der Waals surface area contributed by atoms with Gasteiger partial charge in [0.1, 0.15) is 6.61 Å². The summed E-state index contributed by atoms with van der Waals surface area (Å²) in [7, 11) is 0. The van der Waals surface area contributed by atoms with E-state index < -0.39 is 0 Å². The lowest BCUT2D eigenvalue weighted by Crippen LogP contribution is -2.18.